The summed E-state index contributed by atoms with van der Waals surface area (Å²) in [5.74, 6) is -0.134. The molecule has 2 aliphatic heterocycles. The largest absolute Gasteiger partial charge is 0.337 e. The molecule has 0 aromatic carbocycles. The smallest absolute Gasteiger partial charge is 0.270 e. The van der Waals surface area contributed by atoms with Crippen LogP contribution in [0, 0.1) is 5.92 Å². The van der Waals surface area contributed by atoms with E-state index in [0.717, 1.165) is 19.1 Å². The minimum Gasteiger partial charge on any atom is -0.337 e. The minimum atomic E-state index is -3.22. The first kappa shape index (κ1) is 16.9. The lowest BCUT2D eigenvalue weighted by Gasteiger charge is -2.33. The minimum absolute atomic E-state index is 0.0922. The molecule has 0 aromatic rings. The van der Waals surface area contributed by atoms with Gasteiger partial charge >= 0.3 is 0 Å². The van der Waals surface area contributed by atoms with Crippen LogP contribution < -0.4 is 4.72 Å². The van der Waals surface area contributed by atoms with E-state index in [-0.39, 0.29) is 17.7 Å². The second-order valence-corrected chi connectivity index (χ2v) is 7.68. The van der Waals surface area contributed by atoms with Gasteiger partial charge in [-0.3, -0.25) is 9.59 Å². The van der Waals surface area contributed by atoms with Gasteiger partial charge in [0.25, 0.3) is 5.91 Å². The molecule has 8 nitrogen and oxygen atoms in total. The van der Waals surface area contributed by atoms with Crippen molar-refractivity contribution in [2.24, 2.45) is 11.0 Å². The highest BCUT2D eigenvalue weighted by molar-refractivity contribution is 7.88. The maximum atomic E-state index is 12.5. The molecular formula is C13H22N4O4S. The molecule has 2 aliphatic rings. The van der Waals surface area contributed by atoms with Gasteiger partial charge < -0.3 is 4.90 Å². The Morgan fingerprint density at radius 3 is 2.77 bits per heavy atom. The zero-order valence-electron chi connectivity index (χ0n) is 12.9. The van der Waals surface area contributed by atoms with Gasteiger partial charge in [0.1, 0.15) is 5.71 Å². The quantitative estimate of drug-likeness (QED) is 0.743. The van der Waals surface area contributed by atoms with Crippen LogP contribution in [0.5, 0.6) is 0 Å². The molecule has 0 aliphatic carbocycles. The number of hydrogen-bond acceptors (Lipinski definition) is 5. The second-order valence-electron chi connectivity index (χ2n) is 5.84. The van der Waals surface area contributed by atoms with Crippen LogP contribution in [-0.4, -0.2) is 68.8 Å². The molecule has 2 amide bonds. The van der Waals surface area contributed by atoms with Crippen LogP contribution in [-0.2, 0) is 19.6 Å². The number of nitrogens with zero attached hydrogens (tertiary/aromatic N) is 3. The summed E-state index contributed by atoms with van der Waals surface area (Å²) in [5.41, 5.74) is 0.402. The van der Waals surface area contributed by atoms with Crippen molar-refractivity contribution < 1.29 is 18.0 Å². The Labute approximate surface area is 130 Å². The molecule has 2 rings (SSSR count). The van der Waals surface area contributed by atoms with Gasteiger partial charge in [-0.2, -0.15) is 5.10 Å². The van der Waals surface area contributed by atoms with Crippen molar-refractivity contribution in [1.29, 1.82) is 0 Å². The molecule has 1 fully saturated rings. The van der Waals surface area contributed by atoms with Crippen molar-refractivity contribution in [2.45, 2.75) is 25.7 Å². The van der Waals surface area contributed by atoms with Gasteiger partial charge in [0.2, 0.25) is 15.9 Å². The number of nitrogens with one attached hydrogen (secondary N) is 1. The predicted molar refractivity (Wildman–Crippen MR) is 81.6 cm³/mol. The average Bonchev–Trinajstić information content (AvgIpc) is 2.47. The molecule has 0 bridgehead atoms. The van der Waals surface area contributed by atoms with Crippen molar-refractivity contribution in [1.82, 2.24) is 14.6 Å². The van der Waals surface area contributed by atoms with Gasteiger partial charge in [-0.1, -0.05) is 0 Å². The fourth-order valence-electron chi connectivity index (χ4n) is 2.69. The Kier molecular flexibility index (Phi) is 5.17. The summed E-state index contributed by atoms with van der Waals surface area (Å²) in [6.07, 6.45) is 3.52. The average molecular weight is 330 g/mol. The molecule has 124 valence electrons. The van der Waals surface area contributed by atoms with Gasteiger partial charge in [-0.05, 0) is 18.8 Å². The van der Waals surface area contributed by atoms with Crippen LogP contribution >= 0.6 is 0 Å². The number of hydrazone groups is 1. The molecule has 1 saturated heterocycles. The number of carbonyl (C=O) groups excluding carboxylic acids is 2. The van der Waals surface area contributed by atoms with Crippen LogP contribution in [0.15, 0.2) is 5.10 Å². The van der Waals surface area contributed by atoms with Crippen LogP contribution in [0.3, 0.4) is 0 Å². The summed E-state index contributed by atoms with van der Waals surface area (Å²) in [7, 11) is -1.67. The maximum absolute atomic E-state index is 12.5. The lowest BCUT2D eigenvalue weighted by atomic mass is 9.97. The Balaban J connectivity index is 1.95. The van der Waals surface area contributed by atoms with Crippen molar-refractivity contribution in [3.8, 4) is 0 Å². The highest BCUT2D eigenvalue weighted by Gasteiger charge is 2.29. The molecule has 1 atom stereocenters. The first-order valence-electron chi connectivity index (χ1n) is 7.34. The molecule has 0 spiro atoms. The highest BCUT2D eigenvalue weighted by atomic mass is 32.2. The molecular weight excluding hydrogens is 308 g/mol. The van der Waals surface area contributed by atoms with Crippen LogP contribution in [0.1, 0.15) is 25.7 Å². The van der Waals surface area contributed by atoms with Gasteiger partial charge in [0.05, 0.1) is 6.26 Å². The first-order valence-corrected chi connectivity index (χ1v) is 9.23. The summed E-state index contributed by atoms with van der Waals surface area (Å²) in [4.78, 5) is 25.6. The van der Waals surface area contributed by atoms with Crippen molar-refractivity contribution >= 4 is 27.5 Å². The zero-order chi connectivity index (χ0) is 16.3. The van der Waals surface area contributed by atoms with Crippen molar-refractivity contribution in [3.63, 3.8) is 0 Å². The topological polar surface area (TPSA) is 99.2 Å². The van der Waals surface area contributed by atoms with Gasteiger partial charge in [-0.25, -0.2) is 18.1 Å². The molecule has 0 radical (unpaired) electrons. The number of rotatable bonds is 4. The Morgan fingerprint density at radius 2 is 2.14 bits per heavy atom. The molecule has 22 heavy (non-hydrogen) atoms. The molecule has 9 heteroatoms. The third kappa shape index (κ3) is 4.51. The van der Waals surface area contributed by atoms with E-state index in [2.05, 4.69) is 9.82 Å². The lowest BCUT2D eigenvalue weighted by Crippen LogP contribution is -2.47. The maximum Gasteiger partial charge on any atom is 0.270 e. The van der Waals surface area contributed by atoms with E-state index >= 15 is 0 Å². The van der Waals surface area contributed by atoms with E-state index in [1.807, 2.05) is 0 Å². The summed E-state index contributed by atoms with van der Waals surface area (Å²) in [6, 6.07) is 0. The van der Waals surface area contributed by atoms with E-state index in [4.69, 9.17) is 0 Å². The summed E-state index contributed by atoms with van der Waals surface area (Å²) < 4.78 is 24.8. The standard InChI is InChI=1S/C13H22N4O4S/c1-16-12(18)6-5-11(15-16)13(19)17-7-3-4-10(9-17)8-14-22(2,20)21/h10,14H,3-9H2,1-2H3/t10-/m1/s1. The molecule has 2 heterocycles. The predicted octanol–water partition coefficient (Wildman–Crippen LogP) is -0.618. The van der Waals surface area contributed by atoms with E-state index in [0.29, 0.717) is 38.2 Å². The second kappa shape index (κ2) is 6.74. The normalized spacial score (nSPS) is 23.5. The fourth-order valence-corrected chi connectivity index (χ4v) is 3.23. The van der Waals surface area contributed by atoms with E-state index < -0.39 is 10.0 Å². The Morgan fingerprint density at radius 1 is 1.41 bits per heavy atom. The van der Waals surface area contributed by atoms with Crippen molar-refractivity contribution in [3.05, 3.63) is 0 Å². The molecule has 1 N–H and O–H groups in total. The first-order chi connectivity index (χ1) is 10.3. The summed E-state index contributed by atoms with van der Waals surface area (Å²) >= 11 is 0. The lowest BCUT2D eigenvalue weighted by molar-refractivity contribution is -0.131. The zero-order valence-corrected chi connectivity index (χ0v) is 13.7. The number of hydrogen-bond donors (Lipinski definition) is 1. The van der Waals surface area contributed by atoms with Gasteiger partial charge in [0, 0.05) is 39.5 Å². The molecule has 0 saturated carbocycles. The number of carbonyl (C=O) groups is 2. The Bertz CT molecular complexity index is 587. The SMILES string of the molecule is CN1N=C(C(=O)N2CCC[C@H](CNS(C)(=O)=O)C2)CCC1=O. The number of amides is 2. The third-order valence-electron chi connectivity index (χ3n) is 3.89. The van der Waals surface area contributed by atoms with Crippen LogP contribution in [0.25, 0.3) is 0 Å². The van der Waals surface area contributed by atoms with Gasteiger partial charge in [-0.15, -0.1) is 0 Å². The summed E-state index contributed by atoms with van der Waals surface area (Å²) in [5, 5.41) is 5.26. The molecule has 0 aromatic heterocycles. The summed E-state index contributed by atoms with van der Waals surface area (Å²) in [6.45, 7) is 1.50. The van der Waals surface area contributed by atoms with Crippen molar-refractivity contribution in [2.75, 3.05) is 32.9 Å². The van der Waals surface area contributed by atoms with E-state index in [1.165, 1.54) is 5.01 Å². The third-order valence-corrected chi connectivity index (χ3v) is 4.59. The number of likely N-dealkylation sites (tertiary alicyclic amines) is 1. The monoisotopic (exact) mass is 330 g/mol. The molecule has 0 unspecified atom stereocenters. The van der Waals surface area contributed by atoms with Crippen LogP contribution in [0.2, 0.25) is 0 Å². The Hall–Kier alpha value is -1.48. The number of piperidine rings is 1. The van der Waals surface area contributed by atoms with Crippen LogP contribution in [0.4, 0.5) is 0 Å². The van der Waals surface area contributed by atoms with E-state index in [9.17, 15) is 18.0 Å². The number of sulfonamides is 1. The van der Waals surface area contributed by atoms with E-state index in [1.54, 1.807) is 11.9 Å². The highest BCUT2D eigenvalue weighted by Crippen LogP contribution is 2.18. The van der Waals surface area contributed by atoms with Gasteiger partial charge in [0.15, 0.2) is 0 Å². The fraction of sp³-hybridized carbons (Fsp3) is 0.769.